The van der Waals surface area contributed by atoms with Gasteiger partial charge in [-0.25, -0.2) is 0 Å². The van der Waals surface area contributed by atoms with Gasteiger partial charge in [-0.2, -0.15) is 5.26 Å². The van der Waals surface area contributed by atoms with Gasteiger partial charge in [0, 0.05) is 0 Å². The van der Waals surface area contributed by atoms with Crippen LogP contribution in [0.4, 0.5) is 0 Å². The minimum atomic E-state index is -0.476. The number of ether oxygens (including phenoxy) is 1. The van der Waals surface area contributed by atoms with E-state index in [1.807, 2.05) is 37.3 Å². The molecule has 0 saturated heterocycles. The second-order valence-electron chi connectivity index (χ2n) is 4.16. The Labute approximate surface area is 108 Å². The van der Waals surface area contributed by atoms with Gasteiger partial charge < -0.3 is 4.74 Å². The van der Waals surface area contributed by atoms with Crippen molar-refractivity contribution in [3.8, 4) is 6.07 Å². The molecule has 0 bridgehead atoms. The maximum Gasteiger partial charge on any atom is 0.314 e. The summed E-state index contributed by atoms with van der Waals surface area (Å²) in [5.74, 6) is -1.10. The van der Waals surface area contributed by atoms with Crippen LogP contribution in [0.3, 0.4) is 0 Å². The Hall–Kier alpha value is -1.82. The quantitative estimate of drug-likeness (QED) is 0.723. The Kier molecular flexibility index (Phi) is 5.93. The van der Waals surface area contributed by atoms with Crippen molar-refractivity contribution in [3.05, 3.63) is 35.9 Å². The molecule has 0 saturated carbocycles. The van der Waals surface area contributed by atoms with Crippen LogP contribution in [0.1, 0.15) is 38.2 Å². The van der Waals surface area contributed by atoms with Crippen LogP contribution in [0.25, 0.3) is 0 Å². The molecule has 0 aliphatic heterocycles. The molecule has 0 fully saturated rings. The predicted molar refractivity (Wildman–Crippen MR) is 69.8 cm³/mol. The van der Waals surface area contributed by atoms with Gasteiger partial charge in [0.15, 0.2) is 0 Å². The zero-order valence-corrected chi connectivity index (χ0v) is 10.9. The molecule has 2 atom stereocenters. The molecule has 0 amide bonds. The first-order valence-corrected chi connectivity index (χ1v) is 6.35. The van der Waals surface area contributed by atoms with E-state index in [4.69, 9.17) is 4.74 Å². The Morgan fingerprint density at radius 2 is 2.00 bits per heavy atom. The van der Waals surface area contributed by atoms with E-state index < -0.39 is 5.92 Å². The van der Waals surface area contributed by atoms with E-state index in [2.05, 4.69) is 6.07 Å². The monoisotopic (exact) mass is 245 g/mol. The molecule has 0 aliphatic carbocycles. The van der Waals surface area contributed by atoms with E-state index in [1.54, 1.807) is 6.92 Å². The van der Waals surface area contributed by atoms with Gasteiger partial charge in [0.2, 0.25) is 0 Å². The second kappa shape index (κ2) is 7.50. The number of benzene rings is 1. The van der Waals surface area contributed by atoms with E-state index in [0.717, 1.165) is 12.0 Å². The fourth-order valence-electron chi connectivity index (χ4n) is 2.04. The highest BCUT2D eigenvalue weighted by molar-refractivity contribution is 5.79. The summed E-state index contributed by atoms with van der Waals surface area (Å²) in [6, 6.07) is 11.6. The molecule has 1 aromatic rings. The minimum absolute atomic E-state index is 0.302. The lowest BCUT2D eigenvalue weighted by Crippen LogP contribution is -2.23. The van der Waals surface area contributed by atoms with Crippen molar-refractivity contribution in [2.45, 2.75) is 32.6 Å². The van der Waals surface area contributed by atoms with Gasteiger partial charge in [-0.3, -0.25) is 4.79 Å². The standard InChI is InChI=1S/C15H19NO2/c1-3-8-13(11-16)14(15(17)18-4-2)12-9-6-5-7-10-12/h5-7,9-10,13-14H,3-4,8H2,1-2H3. The fourth-order valence-corrected chi connectivity index (χ4v) is 2.04. The van der Waals surface area contributed by atoms with E-state index in [1.165, 1.54) is 0 Å². The van der Waals surface area contributed by atoms with Crippen LogP contribution >= 0.6 is 0 Å². The van der Waals surface area contributed by atoms with Crippen LogP contribution in [0.5, 0.6) is 0 Å². The van der Waals surface area contributed by atoms with Crippen LogP contribution < -0.4 is 0 Å². The SMILES string of the molecule is CCCC(C#N)C(C(=O)OCC)c1ccccc1. The van der Waals surface area contributed by atoms with Crippen molar-refractivity contribution in [2.24, 2.45) is 5.92 Å². The van der Waals surface area contributed by atoms with Crippen molar-refractivity contribution >= 4 is 5.97 Å². The molecule has 1 rings (SSSR count). The molecule has 18 heavy (non-hydrogen) atoms. The Balaban J connectivity index is 3.02. The summed E-state index contributed by atoms with van der Waals surface area (Å²) < 4.78 is 5.10. The summed E-state index contributed by atoms with van der Waals surface area (Å²) in [6.07, 6.45) is 1.58. The molecule has 3 heteroatoms. The number of nitrogens with zero attached hydrogens (tertiary/aromatic N) is 1. The van der Waals surface area contributed by atoms with E-state index in [-0.39, 0.29) is 11.9 Å². The fraction of sp³-hybridized carbons (Fsp3) is 0.467. The zero-order chi connectivity index (χ0) is 13.4. The lowest BCUT2D eigenvalue weighted by molar-refractivity contribution is -0.146. The molecular formula is C15H19NO2. The van der Waals surface area contributed by atoms with Crippen LogP contribution in [0.15, 0.2) is 30.3 Å². The first kappa shape index (κ1) is 14.2. The topological polar surface area (TPSA) is 50.1 Å². The van der Waals surface area contributed by atoms with E-state index in [0.29, 0.717) is 13.0 Å². The maximum atomic E-state index is 12.0. The summed E-state index contributed by atoms with van der Waals surface area (Å²) in [5.41, 5.74) is 0.857. The van der Waals surface area contributed by atoms with Gasteiger partial charge in [0.05, 0.1) is 24.5 Å². The Morgan fingerprint density at radius 1 is 1.33 bits per heavy atom. The third kappa shape index (κ3) is 3.59. The molecule has 0 N–H and O–H groups in total. The first-order valence-electron chi connectivity index (χ1n) is 6.35. The van der Waals surface area contributed by atoms with Gasteiger partial charge in [-0.1, -0.05) is 43.7 Å². The van der Waals surface area contributed by atoms with Gasteiger partial charge in [0.1, 0.15) is 0 Å². The third-order valence-corrected chi connectivity index (χ3v) is 2.87. The zero-order valence-electron chi connectivity index (χ0n) is 10.9. The van der Waals surface area contributed by atoms with Crippen LogP contribution in [0.2, 0.25) is 0 Å². The molecular weight excluding hydrogens is 226 g/mol. The number of esters is 1. The Morgan fingerprint density at radius 3 is 2.50 bits per heavy atom. The molecule has 0 aliphatic rings. The van der Waals surface area contributed by atoms with Crippen LogP contribution in [-0.2, 0) is 9.53 Å². The van der Waals surface area contributed by atoms with Crippen LogP contribution in [0, 0.1) is 17.2 Å². The van der Waals surface area contributed by atoms with Crippen molar-refractivity contribution in [1.29, 1.82) is 5.26 Å². The smallest absolute Gasteiger partial charge is 0.314 e. The summed E-state index contributed by atoms with van der Waals surface area (Å²) in [4.78, 5) is 12.0. The lowest BCUT2D eigenvalue weighted by atomic mass is 9.84. The summed E-state index contributed by atoms with van der Waals surface area (Å²) in [6.45, 7) is 4.13. The number of rotatable bonds is 6. The number of nitriles is 1. The maximum absolute atomic E-state index is 12.0. The molecule has 1 aromatic carbocycles. The first-order chi connectivity index (χ1) is 8.74. The van der Waals surface area contributed by atoms with Gasteiger partial charge in [-0.05, 0) is 18.9 Å². The highest BCUT2D eigenvalue weighted by atomic mass is 16.5. The average molecular weight is 245 g/mol. The molecule has 96 valence electrons. The van der Waals surface area contributed by atoms with Gasteiger partial charge in [-0.15, -0.1) is 0 Å². The molecule has 0 aromatic heterocycles. The second-order valence-corrected chi connectivity index (χ2v) is 4.16. The lowest BCUT2D eigenvalue weighted by Gasteiger charge is -2.20. The predicted octanol–water partition coefficient (Wildman–Crippen LogP) is 3.27. The van der Waals surface area contributed by atoms with Gasteiger partial charge in [0.25, 0.3) is 0 Å². The number of hydrogen-bond acceptors (Lipinski definition) is 3. The summed E-state index contributed by atoms with van der Waals surface area (Å²) in [7, 11) is 0. The van der Waals surface area contributed by atoms with E-state index in [9.17, 15) is 10.1 Å². The van der Waals surface area contributed by atoms with Crippen molar-refractivity contribution in [1.82, 2.24) is 0 Å². The minimum Gasteiger partial charge on any atom is -0.465 e. The number of hydrogen-bond donors (Lipinski definition) is 0. The van der Waals surface area contributed by atoms with E-state index >= 15 is 0 Å². The summed E-state index contributed by atoms with van der Waals surface area (Å²) in [5, 5.41) is 9.25. The highest BCUT2D eigenvalue weighted by Gasteiger charge is 2.30. The average Bonchev–Trinajstić information content (AvgIpc) is 2.39. The molecule has 3 nitrogen and oxygen atoms in total. The third-order valence-electron chi connectivity index (χ3n) is 2.87. The normalized spacial score (nSPS) is 13.4. The van der Waals surface area contributed by atoms with Gasteiger partial charge >= 0.3 is 5.97 Å². The molecule has 0 radical (unpaired) electrons. The van der Waals surface area contributed by atoms with Crippen molar-refractivity contribution < 1.29 is 9.53 Å². The largest absolute Gasteiger partial charge is 0.465 e. The van der Waals surface area contributed by atoms with Crippen molar-refractivity contribution in [2.75, 3.05) is 6.61 Å². The number of carbonyl (C=O) groups is 1. The molecule has 0 heterocycles. The Bertz CT molecular complexity index is 408. The molecule has 2 unspecified atom stereocenters. The van der Waals surface area contributed by atoms with Crippen molar-refractivity contribution in [3.63, 3.8) is 0 Å². The number of carbonyl (C=O) groups excluding carboxylic acids is 1. The molecule has 0 spiro atoms. The summed E-state index contributed by atoms with van der Waals surface area (Å²) >= 11 is 0. The van der Waals surface area contributed by atoms with Crippen LogP contribution in [-0.4, -0.2) is 12.6 Å². The highest BCUT2D eigenvalue weighted by Crippen LogP contribution is 2.29.